The zero-order chi connectivity index (χ0) is 52.6. The number of anilines is 2. The summed E-state index contributed by atoms with van der Waals surface area (Å²) in [5, 5.41) is 54.3. The number of para-hydroxylation sites is 4. The van der Waals surface area contributed by atoms with Crippen molar-refractivity contribution < 1.29 is 24.6 Å². The smallest absolute Gasteiger partial charge is 0.259 e. The second-order valence-corrected chi connectivity index (χ2v) is 19.4. The van der Waals surface area contributed by atoms with Crippen LogP contribution in [-0.2, 0) is 17.9 Å². The molecule has 1 aliphatic rings. The minimum absolute atomic E-state index is 0.0312. The molecule has 0 unspecified atom stereocenters. The molecule has 0 atom stereocenters. The predicted octanol–water partition coefficient (Wildman–Crippen LogP) is 17.2. The Morgan fingerprint density at radius 3 is 1.91 bits per heavy atom. The van der Waals surface area contributed by atoms with Crippen molar-refractivity contribution in [1.82, 2.24) is 9.97 Å². The van der Waals surface area contributed by atoms with E-state index in [2.05, 4.69) is 39.8 Å². The summed E-state index contributed by atoms with van der Waals surface area (Å²) in [5.41, 5.74) is 13.2. The number of aryl methyl sites for hydroxylation is 1. The molecule has 0 radical (unpaired) electrons. The van der Waals surface area contributed by atoms with Crippen LogP contribution in [0.15, 0.2) is 209 Å². The van der Waals surface area contributed by atoms with Crippen LogP contribution in [-0.4, -0.2) is 31.9 Å². The first-order valence-corrected chi connectivity index (χ1v) is 25.6. The molecule has 1 amide bonds. The maximum Gasteiger partial charge on any atom is 0.259 e. The molecular formula is C65H44N8O5. The van der Waals surface area contributed by atoms with Gasteiger partial charge in [0.25, 0.3) is 5.91 Å². The molecule has 13 nitrogen and oxygen atoms in total. The van der Waals surface area contributed by atoms with Crippen LogP contribution in [0.25, 0.3) is 87.1 Å². The molecule has 0 spiro atoms. The molecule has 1 aliphatic carbocycles. The van der Waals surface area contributed by atoms with Crippen molar-refractivity contribution >= 4 is 122 Å². The van der Waals surface area contributed by atoms with Crippen LogP contribution in [0.5, 0.6) is 11.5 Å². The first-order valence-electron chi connectivity index (χ1n) is 25.6. The largest absolute Gasteiger partial charge is 0.505 e. The van der Waals surface area contributed by atoms with Gasteiger partial charge in [-0.2, -0.15) is 5.11 Å². The van der Waals surface area contributed by atoms with Crippen LogP contribution >= 0.6 is 0 Å². The lowest BCUT2D eigenvalue weighted by Crippen LogP contribution is -2.12. The van der Waals surface area contributed by atoms with Gasteiger partial charge in [-0.25, -0.2) is 0 Å². The number of phenols is 2. The second-order valence-electron chi connectivity index (χ2n) is 19.4. The zero-order valence-electron chi connectivity index (χ0n) is 41.7. The number of ketones is 1. The maximum atomic E-state index is 14.7. The van der Waals surface area contributed by atoms with E-state index in [9.17, 15) is 19.8 Å². The first-order chi connectivity index (χ1) is 38.3. The van der Waals surface area contributed by atoms with E-state index in [1.165, 1.54) is 0 Å². The molecule has 0 fully saturated rings. The number of nitrogens with one attached hydrogen (secondary N) is 4. The number of aromatic hydroxyl groups is 2. The van der Waals surface area contributed by atoms with Crippen LogP contribution in [0.1, 0.15) is 44.3 Å². The van der Waals surface area contributed by atoms with Gasteiger partial charge in [0.1, 0.15) is 23.7 Å². The molecule has 11 aromatic carbocycles. The highest BCUT2D eigenvalue weighted by Crippen LogP contribution is 2.48. The van der Waals surface area contributed by atoms with Crippen LogP contribution < -0.4 is 10.8 Å². The van der Waals surface area contributed by atoms with Gasteiger partial charge in [0.05, 0.1) is 33.7 Å². The van der Waals surface area contributed by atoms with Crippen molar-refractivity contribution in [2.75, 3.05) is 10.8 Å². The number of hydrogen-bond donors (Lipinski definition) is 6. The number of carbonyl (C=O) groups is 2. The Labute approximate surface area is 444 Å². The molecule has 0 aliphatic heterocycles. The van der Waals surface area contributed by atoms with Crippen LogP contribution in [0.4, 0.5) is 34.1 Å². The number of H-pyrrole nitrogens is 2. The number of carbonyl (C=O) groups excluding carboxylic acids is 2. The van der Waals surface area contributed by atoms with Gasteiger partial charge in [0.2, 0.25) is 0 Å². The molecule has 78 heavy (non-hydrogen) atoms. The highest BCUT2D eigenvalue weighted by Gasteiger charge is 2.28. The molecule has 6 N–H and O–H groups in total. The topological polar surface area (TPSA) is 189 Å². The van der Waals surface area contributed by atoms with Crippen molar-refractivity contribution in [3.8, 4) is 22.6 Å². The Bertz CT molecular complexity index is 4750. The average molecular weight is 1020 g/mol. The minimum atomic E-state index is -0.506. The van der Waals surface area contributed by atoms with E-state index >= 15 is 0 Å². The summed E-state index contributed by atoms with van der Waals surface area (Å²) in [4.78, 5) is 41.7. The standard InChI is InChI=1S/C65H44N8O5/c1-2-35-13-6-9-20-51(35)73-78-34-38-31-36-23-26-45-42-16-7-10-21-52(42)67-58(45)55(36)60(62(38)74)71-69-40-25-28-41-44-29-30-54(47-18-12-19-48(57(44)47)63(75)49(41)33-40)70-72-61-56-37(24-27-46-43-17-8-11-22-53(43)68-59(46)56)32-50(64(61)76)65(77)66-39-14-4-3-5-15-39/h3-33,67-68,73-74,76H,2,34H2,1H3,(H,66,77). The van der Waals surface area contributed by atoms with Gasteiger partial charge in [-0.15, -0.1) is 15.3 Å². The number of phenolic OH excluding ortho intramolecular Hbond substituents is 2. The third-order valence-electron chi connectivity index (χ3n) is 14.9. The van der Waals surface area contributed by atoms with E-state index in [4.69, 9.17) is 25.3 Å². The molecule has 13 aromatic rings. The van der Waals surface area contributed by atoms with Crippen molar-refractivity contribution in [3.05, 3.63) is 216 Å². The summed E-state index contributed by atoms with van der Waals surface area (Å²) in [6, 6.07) is 59.2. The van der Waals surface area contributed by atoms with Crippen molar-refractivity contribution in [3.63, 3.8) is 0 Å². The summed E-state index contributed by atoms with van der Waals surface area (Å²) in [6.45, 7) is 2.11. The summed E-state index contributed by atoms with van der Waals surface area (Å²) in [5.74, 6) is -1.13. The summed E-state index contributed by atoms with van der Waals surface area (Å²) in [6.07, 6.45) is 0.820. The number of nitrogens with zero attached hydrogens (tertiary/aromatic N) is 4. The first kappa shape index (κ1) is 46.1. The third kappa shape index (κ3) is 7.51. The lowest BCUT2D eigenvalue weighted by Gasteiger charge is -2.20. The van der Waals surface area contributed by atoms with E-state index < -0.39 is 5.91 Å². The molecule has 0 saturated carbocycles. The van der Waals surface area contributed by atoms with Gasteiger partial charge in [0.15, 0.2) is 11.5 Å². The Morgan fingerprint density at radius 2 is 1.17 bits per heavy atom. The Kier molecular flexibility index (Phi) is 10.9. The van der Waals surface area contributed by atoms with Crippen molar-refractivity contribution in [2.24, 2.45) is 20.5 Å². The SMILES string of the molecule is CCc1ccccc1NOCc1cc2ccc3c4ccccc4[nH]c3c2c(N=Nc2ccc3c(c2)C(=O)c2cccc4c(N=Nc5c(O)c(C(=O)Nc6ccccc6)cc6ccc7c8ccccc8[nH]c7c56)ccc-3c24)c1O. The summed E-state index contributed by atoms with van der Waals surface area (Å²) >= 11 is 0. The van der Waals surface area contributed by atoms with Crippen LogP contribution in [0.2, 0.25) is 0 Å². The monoisotopic (exact) mass is 1020 g/mol. The van der Waals surface area contributed by atoms with Gasteiger partial charge in [-0.1, -0.05) is 134 Å². The van der Waals surface area contributed by atoms with Gasteiger partial charge < -0.3 is 25.5 Å². The van der Waals surface area contributed by atoms with E-state index in [0.29, 0.717) is 66.2 Å². The minimum Gasteiger partial charge on any atom is -0.505 e. The number of aromatic nitrogens is 2. The normalized spacial score (nSPS) is 12.4. The van der Waals surface area contributed by atoms with Crippen molar-refractivity contribution in [2.45, 2.75) is 20.0 Å². The van der Waals surface area contributed by atoms with Crippen LogP contribution in [0, 0.1) is 0 Å². The Morgan fingerprint density at radius 1 is 0.526 bits per heavy atom. The third-order valence-corrected chi connectivity index (χ3v) is 14.9. The summed E-state index contributed by atoms with van der Waals surface area (Å²) < 4.78 is 0. The number of fused-ring (bicyclic) bond motifs is 12. The molecule has 0 saturated heterocycles. The molecule has 2 heterocycles. The quantitative estimate of drug-likeness (QED) is 0.0552. The maximum absolute atomic E-state index is 14.7. The zero-order valence-corrected chi connectivity index (χ0v) is 41.7. The average Bonchev–Trinajstić information content (AvgIpc) is 4.23. The molecule has 0 bridgehead atoms. The lowest BCUT2D eigenvalue weighted by molar-refractivity contribution is 0.102. The molecule has 374 valence electrons. The predicted molar refractivity (Wildman–Crippen MR) is 310 cm³/mol. The van der Waals surface area contributed by atoms with Crippen LogP contribution in [0.3, 0.4) is 0 Å². The van der Waals surface area contributed by atoms with E-state index in [-0.39, 0.29) is 40.8 Å². The number of rotatable bonds is 11. The number of aromatic amines is 2. The lowest BCUT2D eigenvalue weighted by atomic mass is 9.82. The van der Waals surface area contributed by atoms with E-state index in [1.54, 1.807) is 30.3 Å². The van der Waals surface area contributed by atoms with E-state index in [1.807, 2.05) is 146 Å². The molecule has 14 rings (SSSR count). The number of hydrogen-bond acceptors (Lipinski definition) is 10. The molecule has 13 heteroatoms. The fourth-order valence-corrected chi connectivity index (χ4v) is 11.2. The Balaban J connectivity index is 0.842. The van der Waals surface area contributed by atoms with Gasteiger partial charge >= 0.3 is 0 Å². The van der Waals surface area contributed by atoms with Gasteiger partial charge in [-0.3, -0.25) is 19.9 Å². The summed E-state index contributed by atoms with van der Waals surface area (Å²) in [7, 11) is 0. The number of benzene rings is 11. The highest BCUT2D eigenvalue weighted by atomic mass is 16.6. The van der Waals surface area contributed by atoms with Crippen molar-refractivity contribution in [1.29, 1.82) is 0 Å². The fraction of sp³-hybridized carbons (Fsp3) is 0.0462. The molecule has 2 aromatic heterocycles. The van der Waals surface area contributed by atoms with Gasteiger partial charge in [-0.05, 0) is 94.5 Å². The highest BCUT2D eigenvalue weighted by molar-refractivity contribution is 6.28. The Hall–Kier alpha value is -10.5. The number of amides is 1. The number of azo groups is 2. The van der Waals surface area contributed by atoms with Gasteiger partial charge in [0, 0.05) is 76.5 Å². The molecular weight excluding hydrogens is 973 g/mol. The van der Waals surface area contributed by atoms with E-state index in [0.717, 1.165) is 72.2 Å². The fourth-order valence-electron chi connectivity index (χ4n) is 11.2. The second kappa shape index (κ2) is 18.4.